The van der Waals surface area contributed by atoms with Crippen LogP contribution in [0.5, 0.6) is 17.2 Å². The summed E-state index contributed by atoms with van der Waals surface area (Å²) in [7, 11) is 0. The monoisotopic (exact) mass is 1250 g/mol. The number of fused-ring (bicyclic) bond motifs is 3. The highest BCUT2D eigenvalue weighted by Gasteiger charge is 2.32. The lowest BCUT2D eigenvalue weighted by Gasteiger charge is -2.37. The number of nitrogens with two attached hydrogens (primary N) is 1. The van der Waals surface area contributed by atoms with Gasteiger partial charge >= 0.3 is 6.18 Å². The van der Waals surface area contributed by atoms with Crippen molar-refractivity contribution in [2.24, 2.45) is 15.3 Å². The van der Waals surface area contributed by atoms with Gasteiger partial charge in [-0.05, 0) is 147 Å². The molecule has 458 valence electrons. The first-order valence-electron chi connectivity index (χ1n) is 29.0. The zero-order chi connectivity index (χ0) is 61.7. The summed E-state index contributed by atoms with van der Waals surface area (Å²) in [6.07, 6.45) is 3.11. The van der Waals surface area contributed by atoms with Gasteiger partial charge in [0.2, 0.25) is 0 Å². The summed E-state index contributed by atoms with van der Waals surface area (Å²) in [4.78, 5) is 26.1. The second-order valence-corrected chi connectivity index (χ2v) is 22.6. The van der Waals surface area contributed by atoms with E-state index in [0.29, 0.717) is 103 Å². The predicted molar refractivity (Wildman–Crippen MR) is 349 cm³/mol. The maximum absolute atomic E-state index is 13.0. The normalized spacial score (nSPS) is 17.7. The highest BCUT2D eigenvalue weighted by atomic mass is 32.1. The molecule has 0 saturated carbocycles. The zero-order valence-corrected chi connectivity index (χ0v) is 51.5. The first-order chi connectivity index (χ1) is 42.6. The van der Waals surface area contributed by atoms with Gasteiger partial charge < -0.3 is 49.3 Å². The summed E-state index contributed by atoms with van der Waals surface area (Å²) < 4.78 is 56.0. The van der Waals surface area contributed by atoms with Gasteiger partial charge in [-0.1, -0.05) is 18.2 Å². The van der Waals surface area contributed by atoms with Gasteiger partial charge in [-0.3, -0.25) is 31.2 Å². The Balaban J connectivity index is 0.000000146. The van der Waals surface area contributed by atoms with Crippen LogP contribution < -0.4 is 50.9 Å². The van der Waals surface area contributed by atoms with E-state index in [-0.39, 0.29) is 0 Å². The number of nitrogens with zero attached hydrogens (tertiary/aromatic N) is 13. The quantitative estimate of drug-likeness (QED) is 0.0704. The number of hydrazone groups is 3. The van der Waals surface area contributed by atoms with Gasteiger partial charge in [-0.2, -0.15) is 33.7 Å². The number of para-hydroxylation sites is 2. The van der Waals surface area contributed by atoms with Crippen molar-refractivity contribution in [2.75, 3.05) is 119 Å². The number of nitrogens with one attached hydrogen (secondary N) is 3. The Morgan fingerprint density at radius 2 is 0.920 bits per heavy atom. The van der Waals surface area contributed by atoms with Crippen molar-refractivity contribution in [1.29, 1.82) is 5.26 Å². The third kappa shape index (κ3) is 15.8. The number of ether oxygens (including phenoxy) is 3. The molecule has 0 aliphatic carbocycles. The number of nitrogen functional groups attached to an aromatic ring is 1. The Hall–Kier alpha value is -8.93. The average molecular weight is 1250 g/mol. The van der Waals surface area contributed by atoms with Crippen molar-refractivity contribution in [3.63, 3.8) is 0 Å². The highest BCUT2D eigenvalue weighted by molar-refractivity contribution is 7.80. The fourth-order valence-electron chi connectivity index (χ4n) is 10.5. The molecule has 0 amide bonds. The Labute approximate surface area is 525 Å². The largest absolute Gasteiger partial charge is 0.491 e. The summed E-state index contributed by atoms with van der Waals surface area (Å²) >= 11 is 16.6. The third-order valence-electron chi connectivity index (χ3n) is 15.3. The number of alkyl halides is 3. The summed E-state index contributed by atoms with van der Waals surface area (Å²) in [5.41, 5.74) is 26.7. The predicted octanol–water partition coefficient (Wildman–Crippen LogP) is 8.19. The Morgan fingerprint density at radius 3 is 1.32 bits per heavy atom. The van der Waals surface area contributed by atoms with Crippen LogP contribution in [0.15, 0.2) is 125 Å². The number of pyridine rings is 3. The summed E-state index contributed by atoms with van der Waals surface area (Å²) in [5, 5.41) is 24.2. The average Bonchev–Trinajstić information content (AvgIpc) is 2.66. The maximum Gasteiger partial charge on any atom is 0.416 e. The molecular weight excluding hydrogens is 1180 g/mol. The lowest BCUT2D eigenvalue weighted by molar-refractivity contribution is -0.137. The van der Waals surface area contributed by atoms with Gasteiger partial charge in [0, 0.05) is 128 Å². The lowest BCUT2D eigenvalue weighted by atomic mass is 10.1. The van der Waals surface area contributed by atoms with E-state index in [0.717, 1.165) is 132 Å². The van der Waals surface area contributed by atoms with Gasteiger partial charge in [0.25, 0.3) is 0 Å². The topological polar surface area (TPSA) is 209 Å². The molecule has 0 unspecified atom stereocenters. The first-order valence-corrected chi connectivity index (χ1v) is 30.2. The standard InChI is InChI=1S/C21H22F3N5OS.C21H22N6OS.C20H24N6OS/c1-14-11-18-19(25-13-14)17(5-10-30-18)26-27-20(31)29-8-6-28(7-9-29)16-4-2-3-15(12-16)21(22,23)24;1-15-12-19-20(23-14-15)18(6-11-28-19)24-25-21(29)27-9-7-26(8-10-27)17-4-2-16(13-22)3-5-17;1-14-12-18-19(22-13-14)16(6-11-27-18)23-24-20(28)26-9-7-25(8-10-26)17-5-3-2-4-15(17)21/h2-4,11-13H,5-10H2,1H3,(H,27,31);2-5,12,14H,6-11H2,1H3,(H,25,29);2-5,12-13H,6-11,21H2,1H3,(H,24,28)/b26-17-;24-18-;23-16-. The van der Waals surface area contributed by atoms with Crippen LogP contribution in [0.2, 0.25) is 0 Å². The number of aromatic nitrogens is 3. The molecule has 0 bridgehead atoms. The minimum absolute atomic E-state index is 0.483. The zero-order valence-electron chi connectivity index (χ0n) is 49.1. The smallest absolute Gasteiger partial charge is 0.416 e. The van der Waals surface area contributed by atoms with Crippen LogP contribution in [0, 0.1) is 32.1 Å². The van der Waals surface area contributed by atoms with Crippen molar-refractivity contribution in [3.8, 4) is 23.3 Å². The molecule has 3 aromatic heterocycles. The number of benzene rings is 3. The van der Waals surface area contributed by atoms with E-state index in [1.807, 2.05) is 104 Å². The SMILES string of the molecule is Cc1cnc2c(c1)OCC/C2=N/NC(=S)N1CCN(c2ccc(C#N)cc2)CC1.Cc1cnc2c(c1)OCC/C2=N/NC(=S)N1CCN(c2cccc(C(F)(F)F)c2)CC1.Cc1cnc2c(c1)OCC/C2=N/NC(=S)N1CCN(c2ccccc2N)CC1. The van der Waals surface area contributed by atoms with Crippen LogP contribution >= 0.6 is 36.7 Å². The number of nitriles is 1. The molecule has 3 saturated heterocycles. The highest BCUT2D eigenvalue weighted by Crippen LogP contribution is 2.33. The molecule has 0 spiro atoms. The van der Waals surface area contributed by atoms with Crippen molar-refractivity contribution in [2.45, 2.75) is 46.2 Å². The van der Waals surface area contributed by atoms with E-state index in [9.17, 15) is 13.2 Å². The lowest BCUT2D eigenvalue weighted by Crippen LogP contribution is -2.51. The minimum Gasteiger partial charge on any atom is -0.491 e. The van der Waals surface area contributed by atoms with E-state index in [1.165, 1.54) is 12.1 Å². The fourth-order valence-corrected chi connectivity index (χ4v) is 11.2. The van der Waals surface area contributed by atoms with Gasteiger partial charge in [0.15, 0.2) is 15.3 Å². The number of rotatable bonds is 6. The van der Waals surface area contributed by atoms with Crippen LogP contribution in [0.3, 0.4) is 0 Å². The minimum atomic E-state index is -4.35. The number of thiocarbonyl (C=S) groups is 3. The van der Waals surface area contributed by atoms with E-state index < -0.39 is 11.7 Å². The summed E-state index contributed by atoms with van der Waals surface area (Å²) in [6, 6.07) is 29.1. The number of hydrogen-bond acceptors (Lipinski definition) is 17. The van der Waals surface area contributed by atoms with E-state index in [4.69, 9.17) is 61.9 Å². The molecule has 88 heavy (non-hydrogen) atoms. The second-order valence-electron chi connectivity index (χ2n) is 21.5. The van der Waals surface area contributed by atoms with Gasteiger partial charge in [-0.25, -0.2) is 0 Å². The molecule has 6 aliphatic rings. The molecule has 3 fully saturated rings. The van der Waals surface area contributed by atoms with Crippen LogP contribution in [-0.4, -0.2) is 160 Å². The molecule has 0 atom stereocenters. The van der Waals surface area contributed by atoms with Crippen LogP contribution in [0.25, 0.3) is 0 Å². The molecule has 26 heteroatoms. The van der Waals surface area contributed by atoms with Gasteiger partial charge in [0.05, 0.1) is 65.5 Å². The van der Waals surface area contributed by atoms with Crippen LogP contribution in [0.1, 0.15) is 64.2 Å². The van der Waals surface area contributed by atoms with Crippen molar-refractivity contribution in [3.05, 3.63) is 154 Å². The number of anilines is 4. The molecule has 5 N–H and O–H groups in total. The van der Waals surface area contributed by atoms with Crippen molar-refractivity contribution in [1.82, 2.24) is 45.9 Å². The second kappa shape index (κ2) is 28.7. The molecule has 12 rings (SSSR count). The van der Waals surface area contributed by atoms with Crippen molar-refractivity contribution < 1.29 is 27.4 Å². The van der Waals surface area contributed by atoms with Crippen molar-refractivity contribution >= 4 is 91.9 Å². The van der Waals surface area contributed by atoms with Gasteiger partial charge in [0.1, 0.15) is 34.3 Å². The molecule has 20 nitrogen and oxygen atoms in total. The summed E-state index contributed by atoms with van der Waals surface area (Å²) in [6.45, 7) is 16.7. The molecule has 6 aliphatic heterocycles. The molecule has 9 heterocycles. The number of piperazine rings is 3. The van der Waals surface area contributed by atoms with Crippen LogP contribution in [-0.2, 0) is 6.18 Å². The Morgan fingerprint density at radius 1 is 0.523 bits per heavy atom. The summed E-state index contributed by atoms with van der Waals surface area (Å²) in [5.74, 6) is 2.28. The number of aryl methyl sites for hydroxylation is 3. The Kier molecular flexibility index (Phi) is 20.3. The number of halogens is 3. The fraction of sp³-hybridized carbons (Fsp3) is 0.355. The van der Waals surface area contributed by atoms with Crippen LogP contribution in [0.4, 0.5) is 35.9 Å². The first kappa shape index (κ1) is 62.1. The molecular formula is C62H68F3N17O3S3. The van der Waals surface area contributed by atoms with Gasteiger partial charge in [-0.15, -0.1) is 0 Å². The van der Waals surface area contributed by atoms with E-state index in [2.05, 4.69) is 78.3 Å². The maximum atomic E-state index is 13.0. The molecule has 6 aromatic rings. The molecule has 0 radical (unpaired) electrons. The molecule has 3 aromatic carbocycles. The third-order valence-corrected chi connectivity index (χ3v) is 16.4. The van der Waals surface area contributed by atoms with E-state index >= 15 is 0 Å². The van der Waals surface area contributed by atoms with E-state index in [1.54, 1.807) is 12.3 Å². The Bertz CT molecular complexity index is 3630. The number of hydrogen-bond donors (Lipinski definition) is 4.